The van der Waals surface area contributed by atoms with E-state index in [4.69, 9.17) is 5.11 Å². The Morgan fingerprint density at radius 2 is 2.33 bits per heavy atom. The molecule has 9 heavy (non-hydrogen) atoms. The molecule has 0 atom stereocenters. The van der Waals surface area contributed by atoms with E-state index < -0.39 is 0 Å². The minimum absolute atomic E-state index is 0.0165. The average Bonchev–Trinajstić information content (AvgIpc) is 1.89. The van der Waals surface area contributed by atoms with E-state index in [1.807, 2.05) is 0 Å². The number of aldehydes is 1. The highest BCUT2D eigenvalue weighted by atomic mass is 16.2. The Balaban J connectivity index is 3.68. The molecule has 0 aromatic heterocycles. The van der Waals surface area contributed by atoms with E-state index in [1.54, 1.807) is 25.2 Å². The Morgan fingerprint density at radius 3 is 2.78 bits per heavy atom. The highest BCUT2D eigenvalue weighted by Gasteiger charge is 1.76. The molecule has 0 rings (SSSR count). The Bertz CT molecular complexity index is 134. The predicted octanol–water partition coefficient (Wildman–Crippen LogP) is 0.680. The van der Waals surface area contributed by atoms with Crippen LogP contribution in [0, 0.1) is 0 Å². The molecule has 2 nitrogen and oxygen atoms in total. The van der Waals surface area contributed by atoms with Gasteiger partial charge in [0.1, 0.15) is 6.29 Å². The first kappa shape index (κ1) is 8.11. The number of carbonyl (C=O) groups excluding carboxylic acids is 1. The summed E-state index contributed by atoms with van der Waals surface area (Å²) in [4.78, 5) is 9.93. The normalized spacial score (nSPS) is 12.4. The third kappa shape index (κ3) is 4.97. The molecule has 0 heterocycles. The fraction of sp³-hybridized carbons (Fsp3) is 0.286. The van der Waals surface area contributed by atoms with E-state index in [2.05, 4.69) is 0 Å². The van der Waals surface area contributed by atoms with Crippen LogP contribution in [0.15, 0.2) is 23.8 Å². The lowest BCUT2D eigenvalue weighted by Crippen LogP contribution is -1.73. The van der Waals surface area contributed by atoms with Crippen LogP contribution in [0.1, 0.15) is 6.92 Å². The molecule has 0 fully saturated rings. The smallest absolute Gasteiger partial charge is 0.145 e. The van der Waals surface area contributed by atoms with E-state index in [-0.39, 0.29) is 6.61 Å². The highest BCUT2D eigenvalue weighted by Crippen LogP contribution is 1.85. The van der Waals surface area contributed by atoms with Crippen LogP contribution in [-0.2, 0) is 4.79 Å². The maximum atomic E-state index is 9.93. The molecule has 0 saturated heterocycles. The van der Waals surface area contributed by atoms with Crippen LogP contribution in [0.2, 0.25) is 0 Å². The average molecular weight is 126 g/mol. The summed E-state index contributed by atoms with van der Waals surface area (Å²) in [5.74, 6) is 0. The zero-order valence-corrected chi connectivity index (χ0v) is 5.37. The Hall–Kier alpha value is -0.890. The summed E-state index contributed by atoms with van der Waals surface area (Å²) in [6.45, 7) is 1.72. The highest BCUT2D eigenvalue weighted by molar-refractivity contribution is 5.72. The van der Waals surface area contributed by atoms with Crippen molar-refractivity contribution in [2.75, 3.05) is 6.61 Å². The van der Waals surface area contributed by atoms with Gasteiger partial charge in [0, 0.05) is 0 Å². The molecular formula is C7H10O2. The van der Waals surface area contributed by atoms with E-state index >= 15 is 0 Å². The third-order valence-corrected chi connectivity index (χ3v) is 0.787. The van der Waals surface area contributed by atoms with Gasteiger partial charge in [0.05, 0.1) is 6.61 Å². The van der Waals surface area contributed by atoms with Crippen molar-refractivity contribution < 1.29 is 9.90 Å². The molecule has 2 heteroatoms. The lowest BCUT2D eigenvalue weighted by molar-refractivity contribution is -0.104. The molecule has 0 aromatic carbocycles. The second-order valence-electron chi connectivity index (χ2n) is 1.64. The first-order valence-corrected chi connectivity index (χ1v) is 2.70. The molecule has 0 aliphatic carbocycles. The first-order chi connectivity index (χ1) is 4.31. The standard InChI is InChI=1S/C7H10O2/c1-7(6-9)4-2-3-5-8/h2-4,6,8H,5H2,1H3/b3-2+,7-4+. The number of aliphatic hydroxyl groups excluding tert-OH is 1. The number of allylic oxidation sites excluding steroid dienone is 3. The van der Waals surface area contributed by atoms with E-state index in [1.165, 1.54) is 0 Å². The van der Waals surface area contributed by atoms with Crippen LogP contribution in [0.4, 0.5) is 0 Å². The molecule has 1 N–H and O–H groups in total. The monoisotopic (exact) mass is 126 g/mol. The van der Waals surface area contributed by atoms with Gasteiger partial charge in [-0.15, -0.1) is 0 Å². The number of aliphatic hydroxyl groups is 1. The van der Waals surface area contributed by atoms with Crippen molar-refractivity contribution >= 4 is 6.29 Å². The molecule has 0 aliphatic heterocycles. The van der Waals surface area contributed by atoms with Crippen molar-refractivity contribution in [2.45, 2.75) is 6.92 Å². The van der Waals surface area contributed by atoms with Gasteiger partial charge in [-0.05, 0) is 12.5 Å². The van der Waals surface area contributed by atoms with Gasteiger partial charge >= 0.3 is 0 Å². The molecule has 50 valence electrons. The summed E-state index contributed by atoms with van der Waals surface area (Å²) in [6, 6.07) is 0. The topological polar surface area (TPSA) is 37.3 Å². The third-order valence-electron chi connectivity index (χ3n) is 0.787. The fourth-order valence-electron chi connectivity index (χ4n) is 0.320. The molecule has 0 aliphatic rings. The van der Waals surface area contributed by atoms with Crippen LogP contribution in [0.5, 0.6) is 0 Å². The first-order valence-electron chi connectivity index (χ1n) is 2.70. The molecule has 0 unspecified atom stereocenters. The quantitative estimate of drug-likeness (QED) is 0.343. The predicted molar refractivity (Wildman–Crippen MR) is 36.0 cm³/mol. The summed E-state index contributed by atoms with van der Waals surface area (Å²) in [5.41, 5.74) is 0.653. The molecule has 0 aromatic rings. The lowest BCUT2D eigenvalue weighted by atomic mass is 10.3. The van der Waals surface area contributed by atoms with E-state index in [0.29, 0.717) is 5.57 Å². The van der Waals surface area contributed by atoms with Crippen LogP contribution in [0.3, 0.4) is 0 Å². The second-order valence-corrected chi connectivity index (χ2v) is 1.64. The van der Waals surface area contributed by atoms with Crippen molar-refractivity contribution in [3.63, 3.8) is 0 Å². The minimum atomic E-state index is 0.0165. The van der Waals surface area contributed by atoms with E-state index in [0.717, 1.165) is 6.29 Å². The zero-order chi connectivity index (χ0) is 7.11. The minimum Gasteiger partial charge on any atom is -0.392 e. The van der Waals surface area contributed by atoms with Gasteiger partial charge in [0.2, 0.25) is 0 Å². The largest absolute Gasteiger partial charge is 0.392 e. The Morgan fingerprint density at radius 1 is 1.67 bits per heavy atom. The molecule has 0 saturated carbocycles. The summed E-state index contributed by atoms with van der Waals surface area (Å²) in [6.07, 6.45) is 5.61. The summed E-state index contributed by atoms with van der Waals surface area (Å²) in [7, 11) is 0. The van der Waals surface area contributed by atoms with Crippen molar-refractivity contribution in [2.24, 2.45) is 0 Å². The van der Waals surface area contributed by atoms with Crippen LogP contribution < -0.4 is 0 Å². The van der Waals surface area contributed by atoms with Crippen molar-refractivity contribution in [3.8, 4) is 0 Å². The van der Waals surface area contributed by atoms with Crippen molar-refractivity contribution in [1.82, 2.24) is 0 Å². The molecule has 0 bridgehead atoms. The second kappa shape index (κ2) is 5.25. The van der Waals surface area contributed by atoms with Gasteiger partial charge < -0.3 is 5.11 Å². The number of hydrogen-bond donors (Lipinski definition) is 1. The van der Waals surface area contributed by atoms with Gasteiger partial charge in [0.25, 0.3) is 0 Å². The van der Waals surface area contributed by atoms with Crippen LogP contribution in [-0.4, -0.2) is 18.0 Å². The zero-order valence-electron chi connectivity index (χ0n) is 5.37. The van der Waals surface area contributed by atoms with Gasteiger partial charge in [-0.1, -0.05) is 18.2 Å². The fourth-order valence-corrected chi connectivity index (χ4v) is 0.320. The molecule has 0 spiro atoms. The molecule has 0 amide bonds. The summed E-state index contributed by atoms with van der Waals surface area (Å²) < 4.78 is 0. The Kier molecular flexibility index (Phi) is 4.73. The Labute approximate surface area is 54.5 Å². The number of rotatable bonds is 3. The number of carbonyl (C=O) groups is 1. The van der Waals surface area contributed by atoms with Gasteiger partial charge in [-0.25, -0.2) is 0 Å². The summed E-state index contributed by atoms with van der Waals surface area (Å²) in [5, 5.41) is 8.25. The van der Waals surface area contributed by atoms with Crippen LogP contribution in [0.25, 0.3) is 0 Å². The lowest BCUT2D eigenvalue weighted by Gasteiger charge is -1.79. The van der Waals surface area contributed by atoms with Crippen LogP contribution >= 0.6 is 0 Å². The number of hydrogen-bond acceptors (Lipinski definition) is 2. The van der Waals surface area contributed by atoms with Gasteiger partial charge in [-0.3, -0.25) is 4.79 Å². The van der Waals surface area contributed by atoms with Gasteiger partial charge in [-0.2, -0.15) is 0 Å². The van der Waals surface area contributed by atoms with Crippen molar-refractivity contribution in [3.05, 3.63) is 23.8 Å². The maximum absolute atomic E-state index is 9.93. The summed E-state index contributed by atoms with van der Waals surface area (Å²) >= 11 is 0. The SMILES string of the molecule is C/C(C=O)=C\C=C\CO. The van der Waals surface area contributed by atoms with E-state index in [9.17, 15) is 4.79 Å². The van der Waals surface area contributed by atoms with Crippen molar-refractivity contribution in [1.29, 1.82) is 0 Å². The molecular weight excluding hydrogens is 116 g/mol. The maximum Gasteiger partial charge on any atom is 0.145 e. The molecule has 0 radical (unpaired) electrons. The van der Waals surface area contributed by atoms with Gasteiger partial charge in [0.15, 0.2) is 0 Å².